The molecule has 2 amide bonds. The molecule has 3 rings (SSSR count). The molecule has 25 heavy (non-hydrogen) atoms. The Hall–Kier alpha value is -1.92. The zero-order valence-corrected chi connectivity index (χ0v) is 14.7. The summed E-state index contributed by atoms with van der Waals surface area (Å²) in [6.07, 6.45) is 3.91. The molecule has 136 valence electrons. The maximum absolute atomic E-state index is 12.3. The predicted octanol–water partition coefficient (Wildman–Crippen LogP) is 1.32. The lowest BCUT2D eigenvalue weighted by atomic mass is 9.97. The van der Waals surface area contributed by atoms with E-state index < -0.39 is 0 Å². The predicted molar refractivity (Wildman–Crippen MR) is 97.9 cm³/mol. The number of nitrogens with zero attached hydrogens (tertiary/aromatic N) is 1. The van der Waals surface area contributed by atoms with E-state index in [0.29, 0.717) is 0 Å². The van der Waals surface area contributed by atoms with E-state index in [1.54, 1.807) is 0 Å². The number of carbonyl (C=O) groups is 2. The summed E-state index contributed by atoms with van der Waals surface area (Å²) >= 11 is 0. The average molecular weight is 344 g/mol. The number of hydrogen-bond donors (Lipinski definition) is 3. The highest BCUT2D eigenvalue weighted by atomic mass is 16.2. The van der Waals surface area contributed by atoms with Crippen molar-refractivity contribution in [3.05, 3.63) is 29.8 Å². The number of benzene rings is 1. The topological polar surface area (TPSA) is 87.5 Å². The fourth-order valence-electron chi connectivity index (χ4n) is 3.70. The summed E-state index contributed by atoms with van der Waals surface area (Å²) in [6.45, 7) is 4.31. The molecule has 1 aromatic carbocycles. The van der Waals surface area contributed by atoms with Crippen molar-refractivity contribution in [1.82, 2.24) is 10.2 Å². The third-order valence-electron chi connectivity index (χ3n) is 5.20. The Morgan fingerprint density at radius 3 is 2.60 bits per heavy atom. The van der Waals surface area contributed by atoms with Crippen LogP contribution in [0.5, 0.6) is 0 Å². The smallest absolute Gasteiger partial charge is 0.228 e. The van der Waals surface area contributed by atoms with Crippen LogP contribution >= 0.6 is 0 Å². The highest BCUT2D eigenvalue weighted by Crippen LogP contribution is 2.20. The summed E-state index contributed by atoms with van der Waals surface area (Å²) in [6, 6.07) is 8.00. The first-order valence-corrected chi connectivity index (χ1v) is 9.24. The minimum atomic E-state index is -0.194. The molecular weight excluding hydrogens is 316 g/mol. The van der Waals surface area contributed by atoms with Crippen molar-refractivity contribution >= 4 is 17.5 Å². The number of nitrogens with two attached hydrogens (primary N) is 1. The van der Waals surface area contributed by atoms with Crippen molar-refractivity contribution in [2.24, 2.45) is 17.6 Å². The molecule has 0 bridgehead atoms. The van der Waals surface area contributed by atoms with E-state index in [4.69, 9.17) is 5.73 Å². The van der Waals surface area contributed by atoms with Crippen molar-refractivity contribution < 1.29 is 9.59 Å². The molecule has 1 aromatic rings. The molecular formula is C19H28N4O2. The quantitative estimate of drug-likeness (QED) is 0.752. The first kappa shape index (κ1) is 17.9. The van der Waals surface area contributed by atoms with Gasteiger partial charge in [0, 0.05) is 25.3 Å². The van der Waals surface area contributed by atoms with Crippen LogP contribution in [0.1, 0.15) is 31.2 Å². The maximum Gasteiger partial charge on any atom is 0.228 e. The van der Waals surface area contributed by atoms with Gasteiger partial charge in [-0.2, -0.15) is 0 Å². The zero-order chi connectivity index (χ0) is 17.6. The van der Waals surface area contributed by atoms with Crippen LogP contribution in [0.15, 0.2) is 24.3 Å². The van der Waals surface area contributed by atoms with Crippen molar-refractivity contribution in [1.29, 1.82) is 0 Å². The number of nitrogens with one attached hydrogen (secondary N) is 2. The van der Waals surface area contributed by atoms with E-state index in [1.807, 2.05) is 24.3 Å². The number of amides is 2. The van der Waals surface area contributed by atoms with Gasteiger partial charge in [0.2, 0.25) is 11.8 Å². The monoisotopic (exact) mass is 344 g/mol. The summed E-state index contributed by atoms with van der Waals surface area (Å²) in [5.41, 5.74) is 7.46. The van der Waals surface area contributed by atoms with Gasteiger partial charge in [0.15, 0.2) is 0 Å². The number of piperidine rings is 2. The summed E-state index contributed by atoms with van der Waals surface area (Å²) in [7, 11) is 0. The second kappa shape index (κ2) is 8.45. The van der Waals surface area contributed by atoms with E-state index in [0.717, 1.165) is 64.1 Å². The molecule has 0 aliphatic carbocycles. The Kier molecular flexibility index (Phi) is 6.04. The first-order chi connectivity index (χ1) is 12.1. The van der Waals surface area contributed by atoms with Gasteiger partial charge in [-0.1, -0.05) is 12.1 Å². The van der Waals surface area contributed by atoms with Crippen LogP contribution in [0.2, 0.25) is 0 Å². The highest BCUT2D eigenvalue weighted by molar-refractivity contribution is 5.92. The van der Waals surface area contributed by atoms with E-state index >= 15 is 0 Å². The Bertz CT molecular complexity index is 596. The summed E-state index contributed by atoms with van der Waals surface area (Å²) in [5.74, 6) is -0.0656. The van der Waals surface area contributed by atoms with Gasteiger partial charge in [-0.3, -0.25) is 14.5 Å². The fourth-order valence-corrected chi connectivity index (χ4v) is 3.70. The maximum atomic E-state index is 12.3. The van der Waals surface area contributed by atoms with Gasteiger partial charge in [0.25, 0.3) is 0 Å². The third-order valence-corrected chi connectivity index (χ3v) is 5.20. The molecule has 2 aliphatic heterocycles. The first-order valence-electron chi connectivity index (χ1n) is 9.24. The Labute approximate surface area is 149 Å². The molecule has 0 spiro atoms. The van der Waals surface area contributed by atoms with Gasteiger partial charge in [-0.15, -0.1) is 0 Å². The van der Waals surface area contributed by atoms with E-state index in [9.17, 15) is 9.59 Å². The van der Waals surface area contributed by atoms with Crippen molar-refractivity contribution in [2.45, 2.75) is 32.2 Å². The Morgan fingerprint density at radius 2 is 1.92 bits per heavy atom. The summed E-state index contributed by atoms with van der Waals surface area (Å²) < 4.78 is 0. The highest BCUT2D eigenvalue weighted by Gasteiger charge is 2.24. The number of anilines is 1. The molecule has 2 fully saturated rings. The van der Waals surface area contributed by atoms with Gasteiger partial charge in [-0.25, -0.2) is 0 Å². The number of hydrogen-bond acceptors (Lipinski definition) is 4. The molecule has 2 aliphatic rings. The van der Waals surface area contributed by atoms with Crippen LogP contribution in [-0.2, 0) is 16.1 Å². The van der Waals surface area contributed by atoms with Gasteiger partial charge in [0.1, 0.15) is 0 Å². The van der Waals surface area contributed by atoms with Crippen LogP contribution in [0, 0.1) is 11.8 Å². The second-order valence-corrected chi connectivity index (χ2v) is 7.21. The van der Waals surface area contributed by atoms with Gasteiger partial charge < -0.3 is 16.4 Å². The van der Waals surface area contributed by atoms with Crippen LogP contribution in [0.3, 0.4) is 0 Å². The largest absolute Gasteiger partial charge is 0.369 e. The number of likely N-dealkylation sites (tertiary alicyclic amines) is 1. The van der Waals surface area contributed by atoms with Gasteiger partial charge >= 0.3 is 0 Å². The zero-order valence-electron chi connectivity index (χ0n) is 14.7. The lowest BCUT2D eigenvalue weighted by Gasteiger charge is -2.31. The van der Waals surface area contributed by atoms with Crippen molar-refractivity contribution in [3.63, 3.8) is 0 Å². The van der Waals surface area contributed by atoms with Crippen molar-refractivity contribution in [3.8, 4) is 0 Å². The molecule has 0 saturated carbocycles. The van der Waals surface area contributed by atoms with Gasteiger partial charge in [0.05, 0.1) is 11.8 Å². The van der Waals surface area contributed by atoms with Crippen molar-refractivity contribution in [2.75, 3.05) is 31.5 Å². The van der Waals surface area contributed by atoms with Crippen LogP contribution < -0.4 is 16.4 Å². The molecule has 0 radical (unpaired) electrons. The molecule has 4 N–H and O–H groups in total. The van der Waals surface area contributed by atoms with Crippen LogP contribution in [0.25, 0.3) is 0 Å². The minimum absolute atomic E-state index is 0.0311. The van der Waals surface area contributed by atoms with E-state index in [1.165, 1.54) is 5.56 Å². The molecule has 2 unspecified atom stereocenters. The SMILES string of the molecule is NC(=O)C1CCCN(Cc2ccc(NC(=O)C3CCCNC3)cc2)C1. The minimum Gasteiger partial charge on any atom is -0.369 e. The summed E-state index contributed by atoms with van der Waals surface area (Å²) in [5, 5.41) is 6.28. The lowest BCUT2D eigenvalue weighted by Crippen LogP contribution is -2.40. The number of carbonyl (C=O) groups excluding carboxylic acids is 2. The van der Waals surface area contributed by atoms with Crippen LogP contribution in [0.4, 0.5) is 5.69 Å². The Morgan fingerprint density at radius 1 is 1.16 bits per heavy atom. The molecule has 2 heterocycles. The molecule has 2 saturated heterocycles. The Balaban J connectivity index is 1.51. The fraction of sp³-hybridized carbons (Fsp3) is 0.579. The molecule has 2 atom stereocenters. The number of primary amides is 1. The molecule has 6 nitrogen and oxygen atoms in total. The van der Waals surface area contributed by atoms with E-state index in [2.05, 4.69) is 15.5 Å². The van der Waals surface area contributed by atoms with Gasteiger partial charge in [-0.05, 0) is 56.5 Å². The molecule has 6 heteroatoms. The lowest BCUT2D eigenvalue weighted by molar-refractivity contribution is -0.123. The third kappa shape index (κ3) is 5.03. The average Bonchev–Trinajstić information content (AvgIpc) is 2.64. The normalized spacial score (nSPS) is 24.6. The number of rotatable bonds is 5. The standard InChI is InChI=1S/C19H28N4O2/c20-18(24)16-4-2-10-23(13-16)12-14-5-7-17(8-6-14)22-19(25)15-3-1-9-21-11-15/h5-8,15-16,21H,1-4,9-13H2,(H2,20,24)(H,22,25). The summed E-state index contributed by atoms with van der Waals surface area (Å²) in [4.78, 5) is 25.9. The second-order valence-electron chi connectivity index (χ2n) is 7.21. The molecule has 0 aromatic heterocycles. The van der Waals surface area contributed by atoms with E-state index in [-0.39, 0.29) is 23.7 Å². The van der Waals surface area contributed by atoms with Crippen LogP contribution in [-0.4, -0.2) is 42.9 Å².